The Morgan fingerprint density at radius 2 is 2.19 bits per heavy atom. The van der Waals surface area contributed by atoms with Crippen LogP contribution < -0.4 is 10.1 Å². The molecule has 0 fully saturated rings. The molecule has 0 unspecified atom stereocenters. The maximum absolute atomic E-state index is 12.2. The topological polar surface area (TPSA) is 51.2 Å². The highest BCUT2D eigenvalue weighted by molar-refractivity contribution is 5.81. The van der Waals surface area contributed by atoms with E-state index in [0.717, 1.165) is 16.9 Å². The van der Waals surface area contributed by atoms with E-state index in [4.69, 9.17) is 4.74 Å². The molecule has 2 aromatic rings. The molecule has 1 atom stereocenters. The molecular formula is C17H20N2O2. The zero-order chi connectivity index (χ0) is 15.1. The maximum Gasteiger partial charge on any atom is 0.261 e. The first-order valence-electron chi connectivity index (χ1n) is 7.09. The van der Waals surface area contributed by atoms with Crippen molar-refractivity contribution in [2.24, 2.45) is 0 Å². The Labute approximate surface area is 125 Å². The molecule has 0 aliphatic rings. The fourth-order valence-electron chi connectivity index (χ4n) is 1.98. The van der Waals surface area contributed by atoms with E-state index in [-0.39, 0.29) is 5.91 Å². The van der Waals surface area contributed by atoms with Crippen LogP contribution in [0.2, 0.25) is 0 Å². The Hall–Kier alpha value is -2.36. The molecule has 4 heteroatoms. The van der Waals surface area contributed by atoms with Crippen LogP contribution in [0.5, 0.6) is 5.75 Å². The molecule has 2 rings (SSSR count). The number of hydrogen-bond acceptors (Lipinski definition) is 3. The molecule has 1 amide bonds. The lowest BCUT2D eigenvalue weighted by atomic mass is 10.2. The summed E-state index contributed by atoms with van der Waals surface area (Å²) >= 11 is 0. The molecule has 1 aromatic heterocycles. The minimum atomic E-state index is -0.483. The average molecular weight is 284 g/mol. The molecule has 1 N–H and O–H groups in total. The summed E-state index contributed by atoms with van der Waals surface area (Å²) in [6.07, 6.45) is 3.58. The molecule has 0 aliphatic carbocycles. The number of pyridine rings is 1. The van der Waals surface area contributed by atoms with Crippen molar-refractivity contribution < 1.29 is 9.53 Å². The molecule has 0 spiro atoms. The van der Waals surface area contributed by atoms with E-state index in [1.165, 1.54) is 0 Å². The van der Waals surface area contributed by atoms with Crippen molar-refractivity contribution in [2.45, 2.75) is 32.9 Å². The molecule has 0 bridgehead atoms. The summed E-state index contributed by atoms with van der Waals surface area (Å²) in [5, 5.41) is 2.88. The Kier molecular flexibility index (Phi) is 5.32. The van der Waals surface area contributed by atoms with Crippen molar-refractivity contribution in [3.63, 3.8) is 0 Å². The van der Waals surface area contributed by atoms with Crippen molar-refractivity contribution in [1.29, 1.82) is 0 Å². The number of hydrogen-bond donors (Lipinski definition) is 1. The summed E-state index contributed by atoms with van der Waals surface area (Å²) in [7, 11) is 0. The number of aryl methyl sites for hydroxylation is 1. The fraction of sp³-hybridized carbons (Fsp3) is 0.294. The first-order valence-corrected chi connectivity index (χ1v) is 7.09. The Morgan fingerprint density at radius 3 is 2.86 bits per heavy atom. The Balaban J connectivity index is 1.92. The highest BCUT2D eigenvalue weighted by Crippen LogP contribution is 2.15. The van der Waals surface area contributed by atoms with Crippen LogP contribution >= 0.6 is 0 Å². The van der Waals surface area contributed by atoms with E-state index in [9.17, 15) is 4.79 Å². The van der Waals surface area contributed by atoms with E-state index in [2.05, 4.69) is 10.3 Å². The second kappa shape index (κ2) is 7.43. The van der Waals surface area contributed by atoms with Crippen molar-refractivity contribution in [3.05, 3.63) is 59.9 Å². The molecule has 0 saturated heterocycles. The van der Waals surface area contributed by atoms with E-state index in [1.54, 1.807) is 12.4 Å². The van der Waals surface area contributed by atoms with Crippen LogP contribution in [0.4, 0.5) is 0 Å². The summed E-state index contributed by atoms with van der Waals surface area (Å²) in [4.78, 5) is 16.2. The van der Waals surface area contributed by atoms with Crippen LogP contribution in [0.3, 0.4) is 0 Å². The van der Waals surface area contributed by atoms with Gasteiger partial charge in [0, 0.05) is 18.9 Å². The van der Waals surface area contributed by atoms with Crippen LogP contribution in [-0.4, -0.2) is 17.0 Å². The van der Waals surface area contributed by atoms with Crippen LogP contribution in [0.15, 0.2) is 48.8 Å². The van der Waals surface area contributed by atoms with Crippen molar-refractivity contribution in [1.82, 2.24) is 10.3 Å². The highest BCUT2D eigenvalue weighted by atomic mass is 16.5. The summed E-state index contributed by atoms with van der Waals surface area (Å²) in [6.45, 7) is 4.39. The van der Waals surface area contributed by atoms with E-state index < -0.39 is 6.10 Å². The fourth-order valence-corrected chi connectivity index (χ4v) is 1.98. The lowest BCUT2D eigenvalue weighted by molar-refractivity contribution is -0.128. The number of carbonyl (C=O) groups is 1. The molecule has 21 heavy (non-hydrogen) atoms. The standard InChI is InChI=1S/C17H20N2O2/c1-3-16(21-15-8-4-6-13(2)10-15)17(20)19-12-14-7-5-9-18-11-14/h4-11,16H,3,12H2,1-2H3,(H,19,20)/t16-/m0/s1. The number of benzene rings is 1. The normalized spacial score (nSPS) is 11.7. The van der Waals surface area contributed by atoms with Gasteiger partial charge in [0.1, 0.15) is 5.75 Å². The third kappa shape index (κ3) is 4.60. The van der Waals surface area contributed by atoms with Gasteiger partial charge < -0.3 is 10.1 Å². The van der Waals surface area contributed by atoms with Gasteiger partial charge in [0.15, 0.2) is 6.10 Å². The van der Waals surface area contributed by atoms with Gasteiger partial charge in [-0.3, -0.25) is 9.78 Å². The van der Waals surface area contributed by atoms with Gasteiger partial charge in [-0.25, -0.2) is 0 Å². The second-order valence-corrected chi connectivity index (χ2v) is 4.91. The minimum absolute atomic E-state index is 0.108. The van der Waals surface area contributed by atoms with Crippen molar-refractivity contribution in [2.75, 3.05) is 0 Å². The van der Waals surface area contributed by atoms with E-state index in [0.29, 0.717) is 13.0 Å². The number of aromatic nitrogens is 1. The van der Waals surface area contributed by atoms with Crippen LogP contribution in [0.25, 0.3) is 0 Å². The summed E-state index contributed by atoms with van der Waals surface area (Å²) < 4.78 is 5.77. The predicted molar refractivity (Wildman–Crippen MR) is 82.0 cm³/mol. The van der Waals surface area contributed by atoms with Gasteiger partial charge in [-0.15, -0.1) is 0 Å². The second-order valence-electron chi connectivity index (χ2n) is 4.91. The van der Waals surface area contributed by atoms with Gasteiger partial charge in [0.2, 0.25) is 0 Å². The first kappa shape index (κ1) is 15.0. The Morgan fingerprint density at radius 1 is 1.33 bits per heavy atom. The quantitative estimate of drug-likeness (QED) is 0.887. The molecule has 110 valence electrons. The zero-order valence-corrected chi connectivity index (χ0v) is 12.4. The minimum Gasteiger partial charge on any atom is -0.481 e. The SMILES string of the molecule is CC[C@H](Oc1cccc(C)c1)C(=O)NCc1cccnc1. The zero-order valence-electron chi connectivity index (χ0n) is 12.4. The van der Waals surface area contributed by atoms with Gasteiger partial charge in [-0.2, -0.15) is 0 Å². The molecule has 4 nitrogen and oxygen atoms in total. The maximum atomic E-state index is 12.2. The third-order valence-electron chi connectivity index (χ3n) is 3.12. The molecule has 0 aliphatic heterocycles. The largest absolute Gasteiger partial charge is 0.481 e. The Bertz CT molecular complexity index is 584. The summed E-state index contributed by atoms with van der Waals surface area (Å²) in [5.74, 6) is 0.612. The monoisotopic (exact) mass is 284 g/mol. The van der Waals surface area contributed by atoms with Crippen molar-refractivity contribution >= 4 is 5.91 Å². The number of nitrogens with one attached hydrogen (secondary N) is 1. The summed E-state index contributed by atoms with van der Waals surface area (Å²) in [6, 6.07) is 11.5. The van der Waals surface area contributed by atoms with E-state index >= 15 is 0 Å². The molecule has 1 heterocycles. The van der Waals surface area contributed by atoms with Crippen LogP contribution in [-0.2, 0) is 11.3 Å². The predicted octanol–water partition coefficient (Wildman–Crippen LogP) is 2.86. The van der Waals surface area contributed by atoms with Gasteiger partial charge in [0.25, 0.3) is 5.91 Å². The number of ether oxygens (including phenoxy) is 1. The van der Waals surface area contributed by atoms with Gasteiger partial charge in [0.05, 0.1) is 0 Å². The molecule has 0 radical (unpaired) electrons. The van der Waals surface area contributed by atoms with Gasteiger partial charge >= 0.3 is 0 Å². The number of amides is 1. The molecule has 1 aromatic carbocycles. The van der Waals surface area contributed by atoms with Crippen molar-refractivity contribution in [3.8, 4) is 5.75 Å². The number of rotatable bonds is 6. The number of nitrogens with zero attached hydrogens (tertiary/aromatic N) is 1. The first-order chi connectivity index (χ1) is 10.2. The van der Waals surface area contributed by atoms with Crippen LogP contribution in [0.1, 0.15) is 24.5 Å². The molecule has 0 saturated carbocycles. The third-order valence-corrected chi connectivity index (χ3v) is 3.12. The lowest BCUT2D eigenvalue weighted by Gasteiger charge is -2.17. The van der Waals surface area contributed by atoms with E-state index in [1.807, 2.05) is 50.2 Å². The lowest BCUT2D eigenvalue weighted by Crippen LogP contribution is -2.37. The highest BCUT2D eigenvalue weighted by Gasteiger charge is 2.17. The molecular weight excluding hydrogens is 264 g/mol. The van der Waals surface area contributed by atoms with Gasteiger partial charge in [-0.05, 0) is 42.7 Å². The average Bonchev–Trinajstić information content (AvgIpc) is 2.51. The van der Waals surface area contributed by atoms with Gasteiger partial charge in [-0.1, -0.05) is 25.1 Å². The summed E-state index contributed by atoms with van der Waals surface area (Å²) in [5.41, 5.74) is 2.08. The number of carbonyl (C=O) groups excluding carboxylic acids is 1. The smallest absolute Gasteiger partial charge is 0.261 e. The van der Waals surface area contributed by atoms with Crippen LogP contribution in [0, 0.1) is 6.92 Å².